The Morgan fingerprint density at radius 1 is 1.33 bits per heavy atom. The van der Waals surface area contributed by atoms with Gasteiger partial charge in [0, 0.05) is 12.6 Å². The highest BCUT2D eigenvalue weighted by Crippen LogP contribution is 2.20. The van der Waals surface area contributed by atoms with Crippen molar-refractivity contribution < 1.29 is 9.53 Å². The molecule has 1 aromatic rings. The Morgan fingerprint density at radius 3 is 2.56 bits per heavy atom. The number of hydrogen-bond acceptors (Lipinski definition) is 3. The number of nitrogens with two attached hydrogens (primary N) is 1. The summed E-state index contributed by atoms with van der Waals surface area (Å²) in [6, 6.07) is 10.6. The van der Waals surface area contributed by atoms with Gasteiger partial charge in [0.1, 0.15) is 6.61 Å². The van der Waals surface area contributed by atoms with Gasteiger partial charge >= 0.3 is 0 Å². The molecule has 0 spiro atoms. The zero-order chi connectivity index (χ0) is 13.4. The molecule has 1 atom stereocenters. The van der Waals surface area contributed by atoms with Crippen LogP contribution in [-0.2, 0) is 9.53 Å². The average molecular weight is 250 g/mol. The Morgan fingerprint density at radius 2 is 2.00 bits per heavy atom. The maximum Gasteiger partial charge on any atom is 0.243 e. The molecule has 0 bridgehead atoms. The Kier molecular flexibility index (Phi) is 6.39. The summed E-state index contributed by atoms with van der Waals surface area (Å²) in [4.78, 5) is 10.5. The Bertz CT molecular complexity index is 352. The molecule has 0 saturated carbocycles. The van der Waals surface area contributed by atoms with Crippen molar-refractivity contribution in [1.29, 1.82) is 0 Å². The minimum Gasteiger partial charge on any atom is -0.370 e. The van der Waals surface area contributed by atoms with Gasteiger partial charge in [-0.05, 0) is 11.5 Å². The summed E-state index contributed by atoms with van der Waals surface area (Å²) in [7, 11) is 0. The van der Waals surface area contributed by atoms with Crippen LogP contribution in [0.3, 0.4) is 0 Å². The maximum absolute atomic E-state index is 10.5. The Labute approximate surface area is 109 Å². The lowest BCUT2D eigenvalue weighted by Crippen LogP contribution is -2.30. The summed E-state index contributed by atoms with van der Waals surface area (Å²) in [5.41, 5.74) is 6.26. The van der Waals surface area contributed by atoms with Crippen LogP contribution in [0.4, 0.5) is 0 Å². The van der Waals surface area contributed by atoms with Crippen molar-refractivity contribution in [2.45, 2.75) is 19.9 Å². The first kappa shape index (κ1) is 14.7. The number of hydrogen-bond donors (Lipinski definition) is 2. The second-order valence-electron chi connectivity index (χ2n) is 4.61. The van der Waals surface area contributed by atoms with E-state index in [1.165, 1.54) is 5.56 Å². The van der Waals surface area contributed by atoms with Crippen molar-refractivity contribution in [3.8, 4) is 0 Å². The fourth-order valence-corrected chi connectivity index (χ4v) is 1.86. The standard InChI is InChI=1S/C14H22N2O2/c1-11(2)14(12-6-4-3-5-7-12)16-8-9-18-10-13(15)17/h3-7,11,14,16H,8-10H2,1-2H3,(H2,15,17). The third-order valence-electron chi connectivity index (χ3n) is 2.68. The van der Waals surface area contributed by atoms with Gasteiger partial charge in [0.05, 0.1) is 6.61 Å². The highest BCUT2D eigenvalue weighted by Gasteiger charge is 2.14. The summed E-state index contributed by atoms with van der Waals surface area (Å²) in [5, 5.41) is 3.43. The van der Waals surface area contributed by atoms with E-state index in [1.54, 1.807) is 0 Å². The number of rotatable bonds is 8. The van der Waals surface area contributed by atoms with E-state index >= 15 is 0 Å². The molecule has 0 heterocycles. The fraction of sp³-hybridized carbons (Fsp3) is 0.500. The first-order valence-corrected chi connectivity index (χ1v) is 6.25. The highest BCUT2D eigenvalue weighted by atomic mass is 16.5. The lowest BCUT2D eigenvalue weighted by Gasteiger charge is -2.23. The number of amides is 1. The quantitative estimate of drug-likeness (QED) is 0.687. The normalized spacial score (nSPS) is 12.6. The van der Waals surface area contributed by atoms with Crippen LogP contribution in [0.1, 0.15) is 25.5 Å². The molecular weight excluding hydrogens is 228 g/mol. The third kappa shape index (κ3) is 5.29. The molecule has 0 aliphatic carbocycles. The number of nitrogens with one attached hydrogen (secondary N) is 1. The highest BCUT2D eigenvalue weighted by molar-refractivity contribution is 5.74. The van der Waals surface area contributed by atoms with E-state index in [0.29, 0.717) is 25.1 Å². The number of primary amides is 1. The van der Waals surface area contributed by atoms with E-state index in [0.717, 1.165) is 0 Å². The molecule has 4 heteroatoms. The second kappa shape index (κ2) is 7.84. The van der Waals surface area contributed by atoms with Gasteiger partial charge in [-0.2, -0.15) is 0 Å². The number of carbonyl (C=O) groups is 1. The van der Waals surface area contributed by atoms with Gasteiger partial charge < -0.3 is 15.8 Å². The van der Waals surface area contributed by atoms with Crippen LogP contribution in [0.25, 0.3) is 0 Å². The molecule has 0 aromatic heterocycles. The van der Waals surface area contributed by atoms with Crippen LogP contribution in [0.2, 0.25) is 0 Å². The first-order valence-electron chi connectivity index (χ1n) is 6.25. The third-order valence-corrected chi connectivity index (χ3v) is 2.68. The van der Waals surface area contributed by atoms with Crippen molar-refractivity contribution >= 4 is 5.91 Å². The average Bonchev–Trinajstić information content (AvgIpc) is 2.34. The van der Waals surface area contributed by atoms with Crippen molar-refractivity contribution in [2.24, 2.45) is 11.7 Å². The molecule has 3 N–H and O–H groups in total. The molecule has 100 valence electrons. The molecule has 4 nitrogen and oxygen atoms in total. The van der Waals surface area contributed by atoms with Crippen molar-refractivity contribution in [1.82, 2.24) is 5.32 Å². The molecule has 0 aliphatic rings. The van der Waals surface area contributed by atoms with Crippen molar-refractivity contribution in [3.63, 3.8) is 0 Å². The monoisotopic (exact) mass is 250 g/mol. The zero-order valence-electron chi connectivity index (χ0n) is 11.1. The van der Waals surface area contributed by atoms with Crippen LogP contribution in [0.15, 0.2) is 30.3 Å². The van der Waals surface area contributed by atoms with Crippen molar-refractivity contribution in [3.05, 3.63) is 35.9 Å². The van der Waals surface area contributed by atoms with Gasteiger partial charge in [0.2, 0.25) is 5.91 Å². The molecule has 1 unspecified atom stereocenters. The predicted molar refractivity (Wildman–Crippen MR) is 72.0 cm³/mol. The molecule has 1 amide bonds. The summed E-state index contributed by atoms with van der Waals surface area (Å²) in [5.74, 6) is 0.0574. The molecule has 0 aliphatic heterocycles. The predicted octanol–water partition coefficient (Wildman–Crippen LogP) is 1.48. The lowest BCUT2D eigenvalue weighted by atomic mass is 9.96. The Hall–Kier alpha value is -1.39. The molecule has 1 aromatic carbocycles. The minimum absolute atomic E-state index is 0.0145. The van der Waals surface area contributed by atoms with Gasteiger partial charge in [0.15, 0.2) is 0 Å². The molecule has 18 heavy (non-hydrogen) atoms. The maximum atomic E-state index is 10.5. The smallest absolute Gasteiger partial charge is 0.243 e. The van der Waals surface area contributed by atoms with Crippen LogP contribution in [0, 0.1) is 5.92 Å². The zero-order valence-corrected chi connectivity index (χ0v) is 11.1. The molecule has 0 radical (unpaired) electrons. The summed E-state index contributed by atoms with van der Waals surface area (Å²) >= 11 is 0. The van der Waals surface area contributed by atoms with Crippen LogP contribution < -0.4 is 11.1 Å². The van der Waals surface area contributed by atoms with E-state index in [-0.39, 0.29) is 6.61 Å². The topological polar surface area (TPSA) is 64.3 Å². The van der Waals surface area contributed by atoms with Crippen LogP contribution in [0.5, 0.6) is 0 Å². The number of ether oxygens (including phenoxy) is 1. The van der Waals surface area contributed by atoms with Gasteiger partial charge in [-0.3, -0.25) is 4.79 Å². The largest absolute Gasteiger partial charge is 0.370 e. The van der Waals surface area contributed by atoms with Gasteiger partial charge in [-0.1, -0.05) is 44.2 Å². The number of benzene rings is 1. The summed E-state index contributed by atoms with van der Waals surface area (Å²) in [6.07, 6.45) is 0. The van der Waals surface area contributed by atoms with E-state index in [4.69, 9.17) is 10.5 Å². The molecule has 0 saturated heterocycles. The Balaban J connectivity index is 2.38. The molecular formula is C14H22N2O2. The van der Waals surface area contributed by atoms with E-state index in [2.05, 4.69) is 31.3 Å². The number of carbonyl (C=O) groups excluding carboxylic acids is 1. The van der Waals surface area contributed by atoms with E-state index in [1.807, 2.05) is 18.2 Å². The van der Waals surface area contributed by atoms with Crippen molar-refractivity contribution in [2.75, 3.05) is 19.8 Å². The summed E-state index contributed by atoms with van der Waals surface area (Å²) in [6.45, 7) is 5.52. The molecule has 1 rings (SSSR count). The van der Waals surface area contributed by atoms with Gasteiger partial charge in [-0.25, -0.2) is 0 Å². The van der Waals surface area contributed by atoms with Gasteiger partial charge in [-0.15, -0.1) is 0 Å². The van der Waals surface area contributed by atoms with Crippen LogP contribution in [-0.4, -0.2) is 25.7 Å². The van der Waals surface area contributed by atoms with Crippen LogP contribution >= 0.6 is 0 Å². The van der Waals surface area contributed by atoms with E-state index < -0.39 is 5.91 Å². The minimum atomic E-state index is -0.432. The summed E-state index contributed by atoms with van der Waals surface area (Å²) < 4.78 is 5.12. The SMILES string of the molecule is CC(C)C(NCCOCC(N)=O)c1ccccc1. The van der Waals surface area contributed by atoms with E-state index in [9.17, 15) is 4.79 Å². The van der Waals surface area contributed by atoms with Gasteiger partial charge in [0.25, 0.3) is 0 Å². The lowest BCUT2D eigenvalue weighted by molar-refractivity contribution is -0.122. The fourth-order valence-electron chi connectivity index (χ4n) is 1.86. The second-order valence-corrected chi connectivity index (χ2v) is 4.61. The first-order chi connectivity index (χ1) is 8.61. The molecule has 0 fully saturated rings.